The number of hydrogen-bond donors (Lipinski definition) is 0. The minimum Gasteiger partial charge on any atom is -0.376 e. The van der Waals surface area contributed by atoms with Gasteiger partial charge in [0.1, 0.15) is 0 Å². The molecule has 2 aromatic heterocycles. The number of tetrazole rings is 1. The van der Waals surface area contributed by atoms with E-state index >= 15 is 0 Å². The van der Waals surface area contributed by atoms with Gasteiger partial charge in [-0.1, -0.05) is 36.9 Å². The fourth-order valence-corrected chi connectivity index (χ4v) is 5.39. The van der Waals surface area contributed by atoms with Crippen molar-refractivity contribution in [2.45, 2.75) is 63.3 Å². The van der Waals surface area contributed by atoms with Gasteiger partial charge in [0.2, 0.25) is 5.95 Å². The summed E-state index contributed by atoms with van der Waals surface area (Å²) in [5.74, 6) is 3.61. The molecule has 176 valence electrons. The van der Waals surface area contributed by atoms with Gasteiger partial charge in [0.25, 0.3) is 0 Å². The van der Waals surface area contributed by atoms with Crippen LogP contribution in [0.15, 0.2) is 35.5 Å². The van der Waals surface area contributed by atoms with E-state index in [0.29, 0.717) is 0 Å². The van der Waals surface area contributed by atoms with Crippen LogP contribution in [-0.4, -0.2) is 66.5 Å². The third-order valence-corrected chi connectivity index (χ3v) is 7.54. The summed E-state index contributed by atoms with van der Waals surface area (Å²) in [6.45, 7) is 6.14. The minimum absolute atomic E-state index is 0.262. The van der Waals surface area contributed by atoms with Crippen molar-refractivity contribution in [3.63, 3.8) is 0 Å². The maximum Gasteiger partial charge on any atom is 0.228 e. The summed E-state index contributed by atoms with van der Waals surface area (Å²) in [4.78, 5) is 2.40. The highest BCUT2D eigenvalue weighted by Crippen LogP contribution is 2.28. The molecule has 33 heavy (non-hydrogen) atoms. The second-order valence-corrected chi connectivity index (χ2v) is 10.1. The minimum atomic E-state index is 0.262. The Hall–Kier alpha value is -2.46. The van der Waals surface area contributed by atoms with Crippen LogP contribution in [0.2, 0.25) is 0 Å². The lowest BCUT2D eigenvalue weighted by molar-refractivity contribution is 0.0951. The molecule has 0 bridgehead atoms. The summed E-state index contributed by atoms with van der Waals surface area (Å²) >= 11 is 1.77. The summed E-state index contributed by atoms with van der Waals surface area (Å²) in [5, 5.41) is 22.5. The summed E-state index contributed by atoms with van der Waals surface area (Å²) in [5.41, 5.74) is 0.988. The van der Waals surface area contributed by atoms with E-state index in [-0.39, 0.29) is 6.10 Å². The average Bonchev–Trinajstić information content (AvgIpc) is 3.60. The monoisotopic (exact) mass is 468 g/mol. The van der Waals surface area contributed by atoms with Crippen LogP contribution in [0.3, 0.4) is 0 Å². The Balaban J connectivity index is 1.23. The standard InChI is InChI=1S/C23H32N8OS/c1-18-11-13-29(14-12-18)22-25-26-23(30(22)17-20-9-5-15-32-20)33-16-6-10-21-24-27-28-31(21)19-7-3-2-4-8-19/h2-4,7-8,18,20H,5-6,9-17H2,1H3. The molecule has 9 nitrogen and oxygen atoms in total. The van der Waals surface area contributed by atoms with Gasteiger partial charge in [0.15, 0.2) is 11.0 Å². The first-order valence-electron chi connectivity index (χ1n) is 12.0. The van der Waals surface area contributed by atoms with Gasteiger partial charge >= 0.3 is 0 Å². The molecule has 0 amide bonds. The lowest BCUT2D eigenvalue weighted by Gasteiger charge is -2.31. The number of ether oxygens (including phenoxy) is 1. The van der Waals surface area contributed by atoms with Crippen molar-refractivity contribution in [1.82, 2.24) is 35.0 Å². The maximum atomic E-state index is 5.94. The number of para-hydroxylation sites is 1. The Labute approximate surface area is 198 Å². The van der Waals surface area contributed by atoms with E-state index in [2.05, 4.69) is 42.1 Å². The molecule has 2 aliphatic heterocycles. The Morgan fingerprint density at radius 3 is 2.70 bits per heavy atom. The molecule has 4 heterocycles. The van der Waals surface area contributed by atoms with E-state index in [1.807, 2.05) is 35.0 Å². The number of aromatic nitrogens is 7. The quantitative estimate of drug-likeness (QED) is 0.349. The van der Waals surface area contributed by atoms with Crippen molar-refractivity contribution < 1.29 is 4.74 Å². The third-order valence-electron chi connectivity index (χ3n) is 6.48. The SMILES string of the molecule is CC1CCN(c2nnc(SCCCc3nnnn3-c3ccccc3)n2CC2CCCO2)CC1. The van der Waals surface area contributed by atoms with Gasteiger partial charge in [-0.25, -0.2) is 0 Å². The molecule has 0 N–H and O–H groups in total. The Kier molecular flexibility index (Phi) is 7.21. The molecule has 10 heteroatoms. The van der Waals surface area contributed by atoms with E-state index in [1.165, 1.54) is 12.8 Å². The van der Waals surface area contributed by atoms with Gasteiger partial charge in [0.05, 0.1) is 18.3 Å². The second kappa shape index (κ2) is 10.6. The number of nitrogens with zero attached hydrogens (tertiary/aromatic N) is 8. The number of piperidine rings is 1. The molecule has 0 spiro atoms. The Morgan fingerprint density at radius 1 is 1.06 bits per heavy atom. The van der Waals surface area contributed by atoms with Gasteiger partial charge in [-0.05, 0) is 60.6 Å². The predicted molar refractivity (Wildman–Crippen MR) is 128 cm³/mol. The largest absolute Gasteiger partial charge is 0.376 e. The molecule has 2 fully saturated rings. The first-order valence-corrected chi connectivity index (χ1v) is 13.0. The topological polar surface area (TPSA) is 86.8 Å². The molecule has 3 aromatic rings. The third kappa shape index (κ3) is 5.38. The van der Waals surface area contributed by atoms with E-state index in [4.69, 9.17) is 4.74 Å². The van der Waals surface area contributed by atoms with Crippen LogP contribution >= 0.6 is 11.8 Å². The number of anilines is 1. The predicted octanol–water partition coefficient (Wildman–Crippen LogP) is 3.39. The zero-order chi connectivity index (χ0) is 22.5. The lowest BCUT2D eigenvalue weighted by Crippen LogP contribution is -2.35. The molecule has 2 saturated heterocycles. The fraction of sp³-hybridized carbons (Fsp3) is 0.609. The smallest absolute Gasteiger partial charge is 0.228 e. The number of rotatable bonds is 9. The molecule has 0 aliphatic carbocycles. The van der Waals surface area contributed by atoms with Crippen LogP contribution in [-0.2, 0) is 17.7 Å². The van der Waals surface area contributed by atoms with Crippen molar-refractivity contribution in [3.05, 3.63) is 36.2 Å². The number of benzene rings is 1. The summed E-state index contributed by atoms with van der Waals surface area (Å²) in [6.07, 6.45) is 6.71. The molecule has 1 unspecified atom stereocenters. The van der Waals surface area contributed by atoms with Crippen molar-refractivity contribution in [2.24, 2.45) is 5.92 Å². The van der Waals surface area contributed by atoms with Gasteiger partial charge in [-0.3, -0.25) is 4.57 Å². The first-order chi connectivity index (χ1) is 16.3. The maximum absolute atomic E-state index is 5.94. The zero-order valence-electron chi connectivity index (χ0n) is 19.2. The van der Waals surface area contributed by atoms with Crippen LogP contribution in [0.25, 0.3) is 5.69 Å². The van der Waals surface area contributed by atoms with E-state index in [0.717, 1.165) is 86.2 Å². The summed E-state index contributed by atoms with van der Waals surface area (Å²) < 4.78 is 10.1. The van der Waals surface area contributed by atoms with E-state index in [9.17, 15) is 0 Å². The Bertz CT molecular complexity index is 1010. The highest BCUT2D eigenvalue weighted by Gasteiger charge is 2.26. The zero-order valence-corrected chi connectivity index (χ0v) is 20.0. The van der Waals surface area contributed by atoms with Crippen molar-refractivity contribution in [3.8, 4) is 5.69 Å². The highest BCUT2D eigenvalue weighted by atomic mass is 32.2. The van der Waals surface area contributed by atoms with Crippen molar-refractivity contribution in [1.29, 1.82) is 0 Å². The molecular weight excluding hydrogens is 436 g/mol. The van der Waals surface area contributed by atoms with E-state index < -0.39 is 0 Å². The molecule has 5 rings (SSSR count). The van der Waals surface area contributed by atoms with Crippen LogP contribution in [0.1, 0.15) is 44.9 Å². The van der Waals surface area contributed by atoms with Crippen LogP contribution in [0.4, 0.5) is 5.95 Å². The number of aryl methyl sites for hydroxylation is 1. The molecule has 2 aliphatic rings. The average molecular weight is 469 g/mol. The van der Waals surface area contributed by atoms with Crippen LogP contribution in [0, 0.1) is 5.92 Å². The highest BCUT2D eigenvalue weighted by molar-refractivity contribution is 7.99. The Morgan fingerprint density at radius 2 is 1.91 bits per heavy atom. The van der Waals surface area contributed by atoms with Crippen LogP contribution in [0.5, 0.6) is 0 Å². The fourth-order valence-electron chi connectivity index (χ4n) is 4.51. The molecular formula is C23H32N8OS. The van der Waals surface area contributed by atoms with Gasteiger partial charge in [0, 0.05) is 31.9 Å². The van der Waals surface area contributed by atoms with Gasteiger partial charge in [-0.15, -0.1) is 15.3 Å². The van der Waals surface area contributed by atoms with Crippen molar-refractivity contribution >= 4 is 17.7 Å². The van der Waals surface area contributed by atoms with E-state index in [1.54, 1.807) is 11.8 Å². The number of thioether (sulfide) groups is 1. The normalized spacial score (nSPS) is 19.4. The summed E-state index contributed by atoms with van der Waals surface area (Å²) in [7, 11) is 0. The van der Waals surface area contributed by atoms with Crippen molar-refractivity contribution in [2.75, 3.05) is 30.3 Å². The first kappa shape index (κ1) is 22.3. The van der Waals surface area contributed by atoms with Gasteiger partial charge < -0.3 is 9.64 Å². The number of hydrogen-bond acceptors (Lipinski definition) is 8. The molecule has 1 atom stereocenters. The van der Waals surface area contributed by atoms with Gasteiger partial charge in [-0.2, -0.15) is 4.68 Å². The molecule has 0 radical (unpaired) electrons. The van der Waals surface area contributed by atoms with Crippen LogP contribution < -0.4 is 4.90 Å². The lowest BCUT2D eigenvalue weighted by atomic mass is 10.00. The second-order valence-electron chi connectivity index (χ2n) is 8.99. The summed E-state index contributed by atoms with van der Waals surface area (Å²) in [6, 6.07) is 10.0. The molecule has 0 saturated carbocycles. The molecule has 1 aromatic carbocycles.